The first-order chi connectivity index (χ1) is 17.4. The van der Waals surface area contributed by atoms with Gasteiger partial charge in [0.25, 0.3) is 0 Å². The molecule has 3 aliphatic rings. The average Bonchev–Trinajstić information content (AvgIpc) is 3.21. The van der Waals surface area contributed by atoms with Crippen LogP contribution in [0.15, 0.2) is 60.7 Å². The quantitative estimate of drug-likeness (QED) is 0.400. The normalized spacial score (nSPS) is 21.4. The van der Waals surface area contributed by atoms with E-state index in [1.165, 1.54) is 16.6 Å². The number of ether oxygens (including phenoxy) is 1. The topological polar surface area (TPSA) is 42.3 Å². The fourth-order valence-corrected chi connectivity index (χ4v) is 5.72. The third kappa shape index (κ3) is 4.32. The molecule has 1 fully saturated rings. The molecule has 0 saturated heterocycles. The standard InChI is InChI=1S/C30H34N4OS.H2/c1-20(2)11-14-34-26-9-8-24(33(3)29(36)32-30-13-5-4-6-23(30)19-30)18-25(26)31-28(34)17-21-7-10-27-22(16-21)12-15-35-27;/h4-10,13,16,18,20,23H,11-12,14-15,17,19H2,1-3H3,(H,32,36);1H. The van der Waals surface area contributed by atoms with E-state index in [2.05, 4.69) is 89.3 Å². The van der Waals surface area contributed by atoms with Crippen molar-refractivity contribution < 1.29 is 6.16 Å². The molecular formula is C30H36N4OS. The predicted molar refractivity (Wildman–Crippen MR) is 153 cm³/mol. The number of aryl methyl sites for hydroxylation is 1. The fourth-order valence-electron chi connectivity index (χ4n) is 5.43. The third-order valence-electron chi connectivity index (χ3n) is 7.80. The van der Waals surface area contributed by atoms with Crippen LogP contribution in [-0.4, -0.2) is 33.9 Å². The minimum Gasteiger partial charge on any atom is -0.493 e. The first-order valence-electron chi connectivity index (χ1n) is 13.1. The highest BCUT2D eigenvalue weighted by atomic mass is 32.1. The number of rotatable bonds is 7. The summed E-state index contributed by atoms with van der Waals surface area (Å²) in [6, 6.07) is 13.1. The van der Waals surface area contributed by atoms with Crippen LogP contribution in [-0.2, 0) is 19.4 Å². The molecule has 0 amide bonds. The van der Waals surface area contributed by atoms with Crippen molar-refractivity contribution in [3.63, 3.8) is 0 Å². The zero-order valence-corrected chi connectivity index (χ0v) is 22.1. The molecule has 6 rings (SSSR count). The van der Waals surface area contributed by atoms with Crippen LogP contribution in [0, 0.1) is 11.8 Å². The van der Waals surface area contributed by atoms with Gasteiger partial charge in [-0.3, -0.25) is 0 Å². The number of nitrogens with zero attached hydrogens (tertiary/aromatic N) is 3. The molecule has 0 spiro atoms. The SMILES string of the molecule is CC(C)CCn1c(Cc2ccc3c(c2)CCO3)nc2cc(N(C)C(=S)NC34C=CC=CC3C4)ccc21.[HH]. The Morgan fingerprint density at radius 2 is 2.17 bits per heavy atom. The van der Waals surface area contributed by atoms with Crippen LogP contribution in [0.4, 0.5) is 5.69 Å². The van der Waals surface area contributed by atoms with Gasteiger partial charge in [0.05, 0.1) is 23.2 Å². The van der Waals surface area contributed by atoms with E-state index >= 15 is 0 Å². The lowest BCUT2D eigenvalue weighted by Crippen LogP contribution is -2.44. The van der Waals surface area contributed by atoms with Crippen LogP contribution in [0.1, 0.15) is 45.1 Å². The van der Waals surface area contributed by atoms with Crippen molar-refractivity contribution in [3.05, 3.63) is 77.7 Å². The van der Waals surface area contributed by atoms with Gasteiger partial charge in [0.15, 0.2) is 5.11 Å². The number of hydrogen-bond donors (Lipinski definition) is 1. The average molecular weight is 501 g/mol. The number of allylic oxidation sites excluding steroid dienone is 2. The van der Waals surface area contributed by atoms with Crippen LogP contribution in [0.2, 0.25) is 0 Å². The molecule has 188 valence electrons. The van der Waals surface area contributed by atoms with Crippen molar-refractivity contribution in [1.82, 2.24) is 14.9 Å². The lowest BCUT2D eigenvalue weighted by atomic mass is 10.1. The van der Waals surface area contributed by atoms with E-state index < -0.39 is 0 Å². The zero-order valence-electron chi connectivity index (χ0n) is 21.3. The summed E-state index contributed by atoms with van der Waals surface area (Å²) < 4.78 is 8.11. The highest BCUT2D eigenvalue weighted by molar-refractivity contribution is 7.80. The molecule has 5 nitrogen and oxygen atoms in total. The second kappa shape index (κ2) is 9.07. The Balaban J connectivity index is 0.00000280. The summed E-state index contributed by atoms with van der Waals surface area (Å²) in [4.78, 5) is 7.21. The molecule has 3 aromatic rings. The highest BCUT2D eigenvalue weighted by Gasteiger charge is 2.52. The minimum atomic E-state index is -0.00328. The largest absolute Gasteiger partial charge is 0.493 e. The van der Waals surface area contributed by atoms with Crippen molar-refractivity contribution in [2.24, 2.45) is 11.8 Å². The van der Waals surface area contributed by atoms with Gasteiger partial charge in [0, 0.05) is 39.5 Å². The fraction of sp³-hybridized carbons (Fsp3) is 0.400. The van der Waals surface area contributed by atoms with Gasteiger partial charge < -0.3 is 19.5 Å². The van der Waals surface area contributed by atoms with E-state index in [1.54, 1.807) is 0 Å². The van der Waals surface area contributed by atoms with E-state index in [0.717, 1.165) is 66.7 Å². The summed E-state index contributed by atoms with van der Waals surface area (Å²) in [6.45, 7) is 6.31. The number of nitrogens with one attached hydrogen (secondary N) is 1. The summed E-state index contributed by atoms with van der Waals surface area (Å²) in [5.41, 5.74) is 5.86. The molecular weight excluding hydrogens is 464 g/mol. The van der Waals surface area contributed by atoms with Crippen LogP contribution in [0.25, 0.3) is 11.0 Å². The molecule has 0 bridgehead atoms. The molecule has 2 aromatic carbocycles. The summed E-state index contributed by atoms with van der Waals surface area (Å²) >= 11 is 5.81. The minimum absolute atomic E-state index is 0. The van der Waals surface area contributed by atoms with Gasteiger partial charge in [0.2, 0.25) is 0 Å². The number of thiocarbonyl (C=S) groups is 1. The van der Waals surface area contributed by atoms with E-state index in [0.29, 0.717) is 11.8 Å². The maximum absolute atomic E-state index is 5.81. The molecule has 1 aromatic heterocycles. The van der Waals surface area contributed by atoms with Gasteiger partial charge in [-0.1, -0.05) is 50.3 Å². The molecule has 2 aliphatic carbocycles. The Labute approximate surface area is 220 Å². The molecule has 1 N–H and O–H groups in total. The van der Waals surface area contributed by atoms with Gasteiger partial charge in [-0.2, -0.15) is 0 Å². The molecule has 1 saturated carbocycles. The van der Waals surface area contributed by atoms with Crippen LogP contribution >= 0.6 is 12.2 Å². The molecule has 2 atom stereocenters. The highest BCUT2D eigenvalue weighted by Crippen LogP contribution is 2.47. The molecule has 0 radical (unpaired) electrons. The van der Waals surface area contributed by atoms with Gasteiger partial charge in [-0.25, -0.2) is 4.98 Å². The monoisotopic (exact) mass is 500 g/mol. The summed E-state index contributed by atoms with van der Waals surface area (Å²) in [6.07, 6.45) is 12.8. The Morgan fingerprint density at radius 1 is 1.28 bits per heavy atom. The third-order valence-corrected chi connectivity index (χ3v) is 8.17. The molecule has 1 aliphatic heterocycles. The Morgan fingerprint density at radius 3 is 3.00 bits per heavy atom. The summed E-state index contributed by atoms with van der Waals surface area (Å²) in [5.74, 6) is 3.32. The van der Waals surface area contributed by atoms with Gasteiger partial charge >= 0.3 is 0 Å². The zero-order chi connectivity index (χ0) is 24.9. The number of imidazole rings is 1. The number of hydrogen-bond acceptors (Lipinski definition) is 3. The molecule has 6 heteroatoms. The van der Waals surface area contributed by atoms with E-state index in [4.69, 9.17) is 21.9 Å². The second-order valence-corrected chi connectivity index (χ2v) is 11.2. The number of aromatic nitrogens is 2. The van der Waals surface area contributed by atoms with Crippen molar-refractivity contribution in [1.29, 1.82) is 0 Å². The summed E-state index contributed by atoms with van der Waals surface area (Å²) in [7, 11) is 2.04. The number of fused-ring (bicyclic) bond motifs is 3. The number of anilines is 1. The lowest BCUT2D eigenvalue weighted by Gasteiger charge is -2.26. The first-order valence-corrected chi connectivity index (χ1v) is 13.5. The van der Waals surface area contributed by atoms with Crippen LogP contribution in [0.5, 0.6) is 5.75 Å². The predicted octanol–water partition coefficient (Wildman–Crippen LogP) is 6.05. The van der Waals surface area contributed by atoms with E-state index in [1.807, 2.05) is 7.05 Å². The maximum atomic E-state index is 5.81. The van der Waals surface area contributed by atoms with Crippen molar-refractivity contribution in [3.8, 4) is 5.75 Å². The number of benzene rings is 2. The lowest BCUT2D eigenvalue weighted by molar-refractivity contribution is 0.357. The first kappa shape index (κ1) is 23.3. The van der Waals surface area contributed by atoms with Gasteiger partial charge in [-0.05, 0) is 66.4 Å². The molecule has 2 heterocycles. The van der Waals surface area contributed by atoms with E-state index in [9.17, 15) is 0 Å². The second-order valence-electron chi connectivity index (χ2n) is 10.8. The van der Waals surface area contributed by atoms with Gasteiger partial charge in [-0.15, -0.1) is 0 Å². The Kier molecular flexibility index (Phi) is 5.87. The van der Waals surface area contributed by atoms with Crippen molar-refractivity contribution in [2.75, 3.05) is 18.6 Å². The molecule has 2 unspecified atom stereocenters. The Bertz CT molecular complexity index is 1390. The Hall–Kier alpha value is -3.12. The van der Waals surface area contributed by atoms with E-state index in [-0.39, 0.29) is 6.97 Å². The smallest absolute Gasteiger partial charge is 0.173 e. The summed E-state index contributed by atoms with van der Waals surface area (Å²) in [5, 5.41) is 4.35. The molecule has 36 heavy (non-hydrogen) atoms. The maximum Gasteiger partial charge on any atom is 0.173 e. The van der Waals surface area contributed by atoms with Crippen LogP contribution in [0.3, 0.4) is 0 Å². The van der Waals surface area contributed by atoms with Crippen molar-refractivity contribution >= 4 is 34.1 Å². The van der Waals surface area contributed by atoms with Gasteiger partial charge in [0.1, 0.15) is 11.6 Å². The van der Waals surface area contributed by atoms with Crippen molar-refractivity contribution in [2.45, 2.75) is 51.6 Å². The van der Waals surface area contributed by atoms with Crippen LogP contribution < -0.4 is 15.0 Å².